The molecular formula is C13H16Cl3N3O. The number of hydrogen-bond acceptors (Lipinski definition) is 3. The lowest BCUT2D eigenvalue weighted by Crippen LogP contribution is -2.51. The van der Waals surface area contributed by atoms with Gasteiger partial charge < -0.3 is 10.6 Å². The van der Waals surface area contributed by atoms with Crippen LogP contribution in [-0.4, -0.2) is 43.0 Å². The molecule has 1 aliphatic rings. The van der Waals surface area contributed by atoms with E-state index in [4.69, 9.17) is 34.8 Å². The third-order valence-electron chi connectivity index (χ3n) is 3.27. The van der Waals surface area contributed by atoms with Gasteiger partial charge in [-0.15, -0.1) is 0 Å². The van der Waals surface area contributed by atoms with E-state index in [9.17, 15) is 4.79 Å². The molecule has 0 saturated carbocycles. The van der Waals surface area contributed by atoms with Crippen LogP contribution in [0, 0.1) is 0 Å². The van der Waals surface area contributed by atoms with E-state index >= 15 is 0 Å². The standard InChI is InChI=1S/C13H16Cl3N3O/c1-8-6-17-2-3-19(8)7-13(20)18-12-5-10(15)9(14)4-11(12)16/h4-5,8,17H,2-3,6-7H2,1H3,(H,18,20)/t8-/m0/s1. The molecule has 1 heterocycles. The van der Waals surface area contributed by atoms with Gasteiger partial charge in [-0.05, 0) is 19.1 Å². The van der Waals surface area contributed by atoms with Crippen molar-refractivity contribution in [2.24, 2.45) is 0 Å². The summed E-state index contributed by atoms with van der Waals surface area (Å²) >= 11 is 17.8. The Morgan fingerprint density at radius 1 is 1.35 bits per heavy atom. The zero-order valence-electron chi connectivity index (χ0n) is 11.0. The third-order valence-corrected chi connectivity index (χ3v) is 4.30. The first kappa shape index (κ1) is 15.9. The molecule has 1 saturated heterocycles. The maximum atomic E-state index is 12.1. The Bertz CT molecular complexity index is 510. The summed E-state index contributed by atoms with van der Waals surface area (Å²) in [5.41, 5.74) is 0.480. The van der Waals surface area contributed by atoms with Crippen LogP contribution in [0.2, 0.25) is 15.1 Å². The normalized spacial score (nSPS) is 19.9. The third kappa shape index (κ3) is 3.99. The van der Waals surface area contributed by atoms with Gasteiger partial charge in [0.2, 0.25) is 5.91 Å². The highest BCUT2D eigenvalue weighted by Crippen LogP contribution is 2.32. The molecule has 2 N–H and O–H groups in total. The number of rotatable bonds is 3. The van der Waals surface area contributed by atoms with Crippen LogP contribution < -0.4 is 10.6 Å². The fourth-order valence-corrected chi connectivity index (χ4v) is 2.70. The van der Waals surface area contributed by atoms with Gasteiger partial charge in [0.15, 0.2) is 0 Å². The maximum absolute atomic E-state index is 12.1. The Morgan fingerprint density at radius 3 is 2.75 bits per heavy atom. The summed E-state index contributed by atoms with van der Waals surface area (Å²) in [6, 6.07) is 3.42. The zero-order valence-corrected chi connectivity index (χ0v) is 13.3. The molecule has 2 rings (SSSR count). The molecule has 0 unspecified atom stereocenters. The summed E-state index contributed by atoms with van der Waals surface area (Å²) in [5.74, 6) is -0.112. The van der Waals surface area contributed by atoms with Crippen LogP contribution in [-0.2, 0) is 4.79 Å². The molecule has 4 nitrogen and oxygen atoms in total. The van der Waals surface area contributed by atoms with Crippen molar-refractivity contribution in [2.45, 2.75) is 13.0 Å². The van der Waals surface area contributed by atoms with E-state index < -0.39 is 0 Å². The number of nitrogens with zero attached hydrogens (tertiary/aromatic N) is 1. The number of amides is 1. The second kappa shape index (κ2) is 6.96. The summed E-state index contributed by atoms with van der Waals surface area (Å²) in [4.78, 5) is 14.2. The fraction of sp³-hybridized carbons (Fsp3) is 0.462. The molecule has 1 atom stereocenters. The fourth-order valence-electron chi connectivity index (χ4n) is 2.11. The molecule has 0 spiro atoms. The van der Waals surface area contributed by atoms with Gasteiger partial charge >= 0.3 is 0 Å². The monoisotopic (exact) mass is 335 g/mol. The number of carbonyl (C=O) groups is 1. The van der Waals surface area contributed by atoms with Crippen molar-refractivity contribution in [3.8, 4) is 0 Å². The van der Waals surface area contributed by atoms with Gasteiger partial charge in [-0.3, -0.25) is 9.69 Å². The van der Waals surface area contributed by atoms with Gasteiger partial charge in [-0.2, -0.15) is 0 Å². The summed E-state index contributed by atoms with van der Waals surface area (Å²) in [6.07, 6.45) is 0. The maximum Gasteiger partial charge on any atom is 0.238 e. The van der Waals surface area contributed by atoms with Crippen LogP contribution in [0.15, 0.2) is 12.1 Å². The number of benzene rings is 1. The van der Waals surface area contributed by atoms with Crippen LogP contribution >= 0.6 is 34.8 Å². The highest BCUT2D eigenvalue weighted by atomic mass is 35.5. The lowest BCUT2D eigenvalue weighted by atomic mass is 10.2. The lowest BCUT2D eigenvalue weighted by Gasteiger charge is -2.33. The summed E-state index contributed by atoms with van der Waals surface area (Å²) in [6.45, 7) is 5.06. The average Bonchev–Trinajstić information content (AvgIpc) is 2.39. The largest absolute Gasteiger partial charge is 0.324 e. The van der Waals surface area contributed by atoms with Gasteiger partial charge in [0.1, 0.15) is 0 Å². The highest BCUT2D eigenvalue weighted by Gasteiger charge is 2.20. The lowest BCUT2D eigenvalue weighted by molar-refractivity contribution is -0.118. The smallest absolute Gasteiger partial charge is 0.238 e. The Kier molecular flexibility index (Phi) is 5.52. The number of piperazine rings is 1. The molecule has 1 aromatic rings. The van der Waals surface area contributed by atoms with E-state index in [0.717, 1.165) is 19.6 Å². The Morgan fingerprint density at radius 2 is 2.05 bits per heavy atom. The molecule has 20 heavy (non-hydrogen) atoms. The first-order valence-corrected chi connectivity index (χ1v) is 7.50. The van der Waals surface area contributed by atoms with Crippen LogP contribution in [0.4, 0.5) is 5.69 Å². The molecule has 1 fully saturated rings. The number of anilines is 1. The van der Waals surface area contributed by atoms with Crippen LogP contribution in [0.1, 0.15) is 6.92 Å². The first-order chi connectivity index (χ1) is 9.47. The Balaban J connectivity index is 1.99. The molecule has 0 aromatic heterocycles. The van der Waals surface area contributed by atoms with Gasteiger partial charge in [0, 0.05) is 25.7 Å². The minimum atomic E-state index is -0.112. The van der Waals surface area contributed by atoms with E-state index in [1.165, 1.54) is 6.07 Å². The van der Waals surface area contributed by atoms with Gasteiger partial charge in [-0.25, -0.2) is 0 Å². The minimum absolute atomic E-state index is 0.112. The van der Waals surface area contributed by atoms with Crippen molar-refractivity contribution < 1.29 is 4.79 Å². The molecule has 0 aliphatic carbocycles. The van der Waals surface area contributed by atoms with Crippen molar-refractivity contribution in [3.05, 3.63) is 27.2 Å². The summed E-state index contributed by atoms with van der Waals surface area (Å²) in [7, 11) is 0. The van der Waals surface area contributed by atoms with Crippen molar-refractivity contribution in [1.29, 1.82) is 0 Å². The van der Waals surface area contributed by atoms with Crippen molar-refractivity contribution >= 4 is 46.4 Å². The molecule has 0 bridgehead atoms. The van der Waals surface area contributed by atoms with E-state index in [0.29, 0.717) is 33.3 Å². The van der Waals surface area contributed by atoms with Gasteiger partial charge in [-0.1, -0.05) is 34.8 Å². The van der Waals surface area contributed by atoms with Crippen LogP contribution in [0.5, 0.6) is 0 Å². The first-order valence-electron chi connectivity index (χ1n) is 6.36. The highest BCUT2D eigenvalue weighted by molar-refractivity contribution is 6.44. The quantitative estimate of drug-likeness (QED) is 0.834. The molecule has 1 aliphatic heterocycles. The molecule has 1 amide bonds. The van der Waals surface area contributed by atoms with E-state index in [1.54, 1.807) is 6.07 Å². The van der Waals surface area contributed by atoms with Crippen LogP contribution in [0.3, 0.4) is 0 Å². The number of nitrogens with one attached hydrogen (secondary N) is 2. The van der Waals surface area contributed by atoms with Crippen molar-refractivity contribution in [1.82, 2.24) is 10.2 Å². The second-order valence-electron chi connectivity index (χ2n) is 4.82. The van der Waals surface area contributed by atoms with E-state index in [2.05, 4.69) is 22.5 Å². The Hall–Kier alpha value is -0.520. The van der Waals surface area contributed by atoms with E-state index in [1.807, 2.05) is 0 Å². The van der Waals surface area contributed by atoms with Crippen molar-refractivity contribution in [2.75, 3.05) is 31.5 Å². The number of hydrogen-bond donors (Lipinski definition) is 2. The van der Waals surface area contributed by atoms with Gasteiger partial charge in [0.25, 0.3) is 0 Å². The molecule has 110 valence electrons. The topological polar surface area (TPSA) is 44.4 Å². The molecule has 0 radical (unpaired) electrons. The van der Waals surface area contributed by atoms with Crippen molar-refractivity contribution in [3.63, 3.8) is 0 Å². The predicted octanol–water partition coefficient (Wildman–Crippen LogP) is 2.88. The predicted molar refractivity (Wildman–Crippen MR) is 84.0 cm³/mol. The van der Waals surface area contributed by atoms with Gasteiger partial charge in [0.05, 0.1) is 27.3 Å². The number of carbonyl (C=O) groups excluding carboxylic acids is 1. The second-order valence-corrected chi connectivity index (χ2v) is 6.04. The summed E-state index contributed by atoms with van der Waals surface area (Å²) < 4.78 is 0. The zero-order chi connectivity index (χ0) is 14.7. The molecule has 7 heteroatoms. The van der Waals surface area contributed by atoms with E-state index in [-0.39, 0.29) is 5.91 Å². The Labute approximate surface area is 133 Å². The minimum Gasteiger partial charge on any atom is -0.324 e. The molecule has 1 aromatic carbocycles. The summed E-state index contributed by atoms with van der Waals surface area (Å²) in [5, 5.41) is 7.16. The SMILES string of the molecule is C[C@H]1CNCCN1CC(=O)Nc1cc(Cl)c(Cl)cc1Cl. The number of halogens is 3. The average molecular weight is 337 g/mol. The molecular weight excluding hydrogens is 321 g/mol. The van der Waals surface area contributed by atoms with Crippen LogP contribution in [0.25, 0.3) is 0 Å².